The van der Waals surface area contributed by atoms with E-state index in [2.05, 4.69) is 21.3 Å². The molecule has 2 aromatic carbocycles. The van der Waals surface area contributed by atoms with Gasteiger partial charge in [0.2, 0.25) is 0 Å². The molecule has 0 bridgehead atoms. The maximum atomic E-state index is 13.2. The van der Waals surface area contributed by atoms with Crippen molar-refractivity contribution in [2.24, 2.45) is 0 Å². The molecule has 0 fully saturated rings. The highest BCUT2D eigenvalue weighted by Crippen LogP contribution is 2.21. The molecule has 2 aromatic rings. The zero-order valence-corrected chi connectivity index (χ0v) is 29.0. The summed E-state index contributed by atoms with van der Waals surface area (Å²) in [4.78, 5) is 102. The zero-order valence-electron chi connectivity index (χ0n) is 27.3. The third-order valence-corrected chi connectivity index (χ3v) is 8.05. The van der Waals surface area contributed by atoms with Crippen molar-refractivity contribution in [1.82, 2.24) is 10.6 Å². The fourth-order valence-corrected chi connectivity index (χ4v) is 5.16. The smallest absolute Gasteiger partial charge is 0.328 e. The second kappa shape index (κ2) is 19.2. The van der Waals surface area contributed by atoms with Gasteiger partial charge in [-0.2, -0.15) is 23.5 Å². The van der Waals surface area contributed by atoms with Crippen LogP contribution in [-0.4, -0.2) is 97.5 Å². The van der Waals surface area contributed by atoms with Crippen molar-refractivity contribution in [2.75, 3.05) is 48.9 Å². The second-order valence-electron chi connectivity index (χ2n) is 10.3. The Labute approximate surface area is 286 Å². The van der Waals surface area contributed by atoms with Crippen molar-refractivity contribution >= 4 is 82.0 Å². The normalized spacial score (nSPS) is 11.7. The van der Waals surface area contributed by atoms with Crippen molar-refractivity contribution in [2.45, 2.75) is 38.8 Å². The van der Waals surface area contributed by atoms with E-state index in [-0.39, 0.29) is 35.3 Å². The molecular formula is C32H38N4O10S2. The van der Waals surface area contributed by atoms with Gasteiger partial charge >= 0.3 is 23.8 Å². The number of esters is 2. The van der Waals surface area contributed by atoms with E-state index < -0.39 is 59.2 Å². The van der Waals surface area contributed by atoms with Crippen LogP contribution in [0.25, 0.3) is 0 Å². The molecule has 16 heteroatoms. The number of anilines is 2. The third-order valence-electron chi connectivity index (χ3n) is 6.76. The molecule has 0 aliphatic carbocycles. The molecule has 0 aliphatic rings. The molecule has 0 radical (unpaired) electrons. The van der Waals surface area contributed by atoms with E-state index in [1.165, 1.54) is 59.9 Å². The molecule has 0 saturated carbocycles. The number of carbonyl (C=O) groups is 8. The molecule has 258 valence electrons. The van der Waals surface area contributed by atoms with Gasteiger partial charge < -0.3 is 30.7 Å². The number of carbonyl (C=O) groups excluding carboxylic acids is 8. The largest absolute Gasteiger partial charge is 0.467 e. The van der Waals surface area contributed by atoms with E-state index >= 15 is 0 Å². The van der Waals surface area contributed by atoms with Crippen LogP contribution in [0.4, 0.5) is 11.4 Å². The summed E-state index contributed by atoms with van der Waals surface area (Å²) in [6.07, 6.45) is 4.03. The van der Waals surface area contributed by atoms with Gasteiger partial charge in [0.15, 0.2) is 0 Å². The number of amides is 4. The highest BCUT2D eigenvalue weighted by molar-refractivity contribution is 7.98. The predicted octanol–water partition coefficient (Wildman–Crippen LogP) is 2.07. The van der Waals surface area contributed by atoms with Crippen LogP contribution in [-0.2, 0) is 38.2 Å². The highest BCUT2D eigenvalue weighted by atomic mass is 32.2. The van der Waals surface area contributed by atoms with E-state index in [1.807, 2.05) is 12.5 Å². The number of hydrogen-bond acceptors (Lipinski definition) is 12. The maximum Gasteiger partial charge on any atom is 0.328 e. The van der Waals surface area contributed by atoms with Gasteiger partial charge in [0.1, 0.15) is 12.1 Å². The van der Waals surface area contributed by atoms with Gasteiger partial charge in [-0.15, -0.1) is 0 Å². The Morgan fingerprint density at radius 2 is 0.958 bits per heavy atom. The lowest BCUT2D eigenvalue weighted by Gasteiger charge is -2.17. The molecule has 0 aromatic heterocycles. The molecule has 0 unspecified atom stereocenters. The molecule has 2 rings (SSSR count). The van der Waals surface area contributed by atoms with Crippen LogP contribution < -0.4 is 21.3 Å². The summed E-state index contributed by atoms with van der Waals surface area (Å²) in [5, 5.41) is 9.31. The molecule has 4 N–H and O–H groups in total. The van der Waals surface area contributed by atoms with Crippen LogP contribution in [0.2, 0.25) is 0 Å². The van der Waals surface area contributed by atoms with E-state index in [9.17, 15) is 38.4 Å². The van der Waals surface area contributed by atoms with Crippen molar-refractivity contribution in [3.63, 3.8) is 0 Å². The summed E-state index contributed by atoms with van der Waals surface area (Å²) in [6.45, 7) is 3.29. The van der Waals surface area contributed by atoms with Crippen LogP contribution in [0.15, 0.2) is 36.4 Å². The Morgan fingerprint density at radius 1 is 0.604 bits per heavy atom. The molecule has 2 atom stereocenters. The van der Waals surface area contributed by atoms with Gasteiger partial charge in [-0.1, -0.05) is 23.3 Å². The van der Waals surface area contributed by atoms with E-state index in [4.69, 9.17) is 9.47 Å². The third kappa shape index (κ3) is 11.2. The average Bonchev–Trinajstić information content (AvgIpc) is 3.08. The standard InChI is InChI=1S/C32H38N4O10S2/c1-17-7-9-21(19(15-17)25(37)27(39)35-23(11-13-47-5)31(43)45-3)33-29(41)30(42)34-22-10-8-18(2)16-20(22)26(38)28(40)36-24(12-14-48-6)32(44)46-4/h7-10,15-16,23-24H,11-14H2,1-6H3,(H,33,41)(H,34,42)(H,35,39)(H,36,40)/t23-,24-/m0/s1. The minimum absolute atomic E-state index is 0.168. The molecule has 0 spiro atoms. The Bertz CT molecular complexity index is 1460. The number of rotatable bonds is 16. The summed E-state index contributed by atoms with van der Waals surface area (Å²) in [6, 6.07) is 6.23. The maximum absolute atomic E-state index is 13.2. The topological polar surface area (TPSA) is 203 Å². The monoisotopic (exact) mass is 702 g/mol. The molecule has 0 heterocycles. The quantitative estimate of drug-likeness (QED) is 0.113. The minimum atomic E-state index is -1.26. The van der Waals surface area contributed by atoms with E-state index in [0.29, 0.717) is 22.6 Å². The van der Waals surface area contributed by atoms with Crippen molar-refractivity contribution < 1.29 is 47.8 Å². The van der Waals surface area contributed by atoms with Crippen molar-refractivity contribution in [3.05, 3.63) is 58.7 Å². The SMILES string of the molecule is COC(=O)[C@H](CCSC)NC(=O)C(=O)c1cc(C)ccc1NC(=O)C(=O)Nc1ccc(C)cc1C(=O)C(=O)N[C@@H](CCSC)C(=O)OC. The van der Waals surface area contributed by atoms with Crippen LogP contribution in [0.5, 0.6) is 0 Å². The van der Waals surface area contributed by atoms with Gasteiger partial charge in [-0.05, 0) is 75.0 Å². The first-order valence-electron chi connectivity index (χ1n) is 14.4. The van der Waals surface area contributed by atoms with Crippen LogP contribution in [0.1, 0.15) is 44.7 Å². The van der Waals surface area contributed by atoms with E-state index in [0.717, 1.165) is 14.2 Å². The molecule has 48 heavy (non-hydrogen) atoms. The summed E-state index contributed by atoms with van der Waals surface area (Å²) in [7, 11) is 2.31. The lowest BCUT2D eigenvalue weighted by Crippen LogP contribution is -2.45. The molecule has 14 nitrogen and oxygen atoms in total. The lowest BCUT2D eigenvalue weighted by molar-refractivity contribution is -0.145. The Morgan fingerprint density at radius 3 is 1.27 bits per heavy atom. The molecule has 0 aliphatic heterocycles. The van der Waals surface area contributed by atoms with Crippen LogP contribution in [0.3, 0.4) is 0 Å². The van der Waals surface area contributed by atoms with Gasteiger partial charge in [0.25, 0.3) is 23.4 Å². The van der Waals surface area contributed by atoms with Crippen molar-refractivity contribution in [1.29, 1.82) is 0 Å². The first-order valence-corrected chi connectivity index (χ1v) is 17.2. The Hall–Kier alpha value is -4.70. The van der Waals surface area contributed by atoms with Crippen LogP contribution in [0, 0.1) is 13.8 Å². The van der Waals surface area contributed by atoms with Gasteiger partial charge in [-0.25, -0.2) is 9.59 Å². The zero-order chi connectivity index (χ0) is 36.0. The number of aryl methyl sites for hydroxylation is 2. The number of thioether (sulfide) groups is 2. The number of ketones is 2. The lowest BCUT2D eigenvalue weighted by atomic mass is 10.0. The minimum Gasteiger partial charge on any atom is -0.467 e. The predicted molar refractivity (Wildman–Crippen MR) is 182 cm³/mol. The number of benzene rings is 2. The second-order valence-corrected chi connectivity index (χ2v) is 12.3. The number of ether oxygens (including phenoxy) is 2. The number of nitrogens with one attached hydrogen (secondary N) is 4. The van der Waals surface area contributed by atoms with Gasteiger partial charge in [-0.3, -0.25) is 28.8 Å². The van der Waals surface area contributed by atoms with Crippen LogP contribution >= 0.6 is 23.5 Å². The van der Waals surface area contributed by atoms with Gasteiger partial charge in [0.05, 0.1) is 36.7 Å². The Kier molecular flexibility index (Phi) is 15.8. The average molecular weight is 703 g/mol. The number of methoxy groups -OCH3 is 2. The summed E-state index contributed by atoms with van der Waals surface area (Å²) < 4.78 is 9.43. The molecule has 0 saturated heterocycles. The first-order chi connectivity index (χ1) is 22.8. The fraction of sp³-hybridized carbons (Fsp3) is 0.375. The van der Waals surface area contributed by atoms with Gasteiger partial charge in [0, 0.05) is 0 Å². The summed E-state index contributed by atoms with van der Waals surface area (Å²) >= 11 is 2.86. The van der Waals surface area contributed by atoms with E-state index in [1.54, 1.807) is 13.8 Å². The Balaban J connectivity index is 2.27. The molecular weight excluding hydrogens is 665 g/mol. The summed E-state index contributed by atoms with van der Waals surface area (Å²) in [5.74, 6) is -7.38. The number of Topliss-reactive ketones (excluding diaryl/α,β-unsaturated/α-hetero) is 2. The first kappa shape index (κ1) is 39.5. The molecule has 4 amide bonds. The highest BCUT2D eigenvalue weighted by Gasteiger charge is 2.30. The van der Waals surface area contributed by atoms with Crippen molar-refractivity contribution in [3.8, 4) is 0 Å². The fourth-order valence-electron chi connectivity index (χ4n) is 4.21. The summed E-state index contributed by atoms with van der Waals surface area (Å²) in [5.41, 5.74) is 0.295. The number of hydrogen-bond donors (Lipinski definition) is 4.